The number of carbonyl (C=O) groups is 1. The van der Waals surface area contributed by atoms with Crippen LogP contribution >= 0.6 is 15.9 Å². The number of Topliss-reactive ketones (excluding diaryl/α,β-unsaturated/α-hetero) is 1. The van der Waals surface area contributed by atoms with Gasteiger partial charge in [-0.2, -0.15) is 0 Å². The highest BCUT2D eigenvalue weighted by Gasteiger charge is 2.16. The fourth-order valence-corrected chi connectivity index (χ4v) is 1.67. The summed E-state index contributed by atoms with van der Waals surface area (Å²) < 4.78 is 0. The SMILES string of the molecule is Cc1cc([N+](=O)[O-])c(C)cc1C(=O)CBr. The molecule has 0 N–H and O–H groups in total. The van der Waals surface area contributed by atoms with Gasteiger partial charge in [-0.05, 0) is 25.5 Å². The summed E-state index contributed by atoms with van der Waals surface area (Å²) in [6, 6.07) is 3.00. The van der Waals surface area contributed by atoms with Crippen molar-refractivity contribution >= 4 is 27.4 Å². The van der Waals surface area contributed by atoms with Crippen molar-refractivity contribution in [2.45, 2.75) is 13.8 Å². The molecule has 4 nitrogen and oxygen atoms in total. The topological polar surface area (TPSA) is 60.2 Å². The number of benzene rings is 1. The minimum Gasteiger partial charge on any atom is -0.293 e. The molecule has 0 aromatic heterocycles. The van der Waals surface area contributed by atoms with Crippen molar-refractivity contribution in [3.05, 3.63) is 38.9 Å². The lowest BCUT2D eigenvalue weighted by molar-refractivity contribution is -0.385. The van der Waals surface area contributed by atoms with E-state index in [-0.39, 0.29) is 16.8 Å². The van der Waals surface area contributed by atoms with Gasteiger partial charge in [0.05, 0.1) is 10.3 Å². The van der Waals surface area contributed by atoms with E-state index in [9.17, 15) is 14.9 Å². The first-order valence-corrected chi connectivity index (χ1v) is 5.44. The molecule has 80 valence electrons. The first-order chi connectivity index (χ1) is 6.97. The van der Waals surface area contributed by atoms with Crippen LogP contribution in [0.5, 0.6) is 0 Å². The van der Waals surface area contributed by atoms with Crippen molar-refractivity contribution in [3.8, 4) is 0 Å². The highest BCUT2D eigenvalue weighted by atomic mass is 79.9. The van der Waals surface area contributed by atoms with Crippen LogP contribution in [0.3, 0.4) is 0 Å². The molecule has 0 bridgehead atoms. The minimum absolute atomic E-state index is 0.0543. The van der Waals surface area contributed by atoms with Crippen LogP contribution < -0.4 is 0 Å². The van der Waals surface area contributed by atoms with Gasteiger partial charge >= 0.3 is 0 Å². The molecule has 0 fully saturated rings. The third-order valence-electron chi connectivity index (χ3n) is 2.16. The number of hydrogen-bond donors (Lipinski definition) is 0. The van der Waals surface area contributed by atoms with Gasteiger partial charge in [0.1, 0.15) is 0 Å². The van der Waals surface area contributed by atoms with Crippen LogP contribution in [0.25, 0.3) is 0 Å². The van der Waals surface area contributed by atoms with E-state index in [4.69, 9.17) is 0 Å². The maximum Gasteiger partial charge on any atom is 0.272 e. The van der Waals surface area contributed by atoms with Gasteiger partial charge in [0.25, 0.3) is 5.69 Å². The maximum atomic E-state index is 11.5. The van der Waals surface area contributed by atoms with Crippen LogP contribution in [-0.4, -0.2) is 16.0 Å². The summed E-state index contributed by atoms with van der Waals surface area (Å²) >= 11 is 3.07. The number of ketones is 1. The summed E-state index contributed by atoms with van der Waals surface area (Å²) in [6.45, 7) is 3.32. The molecule has 1 aromatic rings. The highest BCUT2D eigenvalue weighted by Crippen LogP contribution is 2.23. The molecule has 15 heavy (non-hydrogen) atoms. The molecule has 0 amide bonds. The monoisotopic (exact) mass is 271 g/mol. The standard InChI is InChI=1S/C10H10BrNO3/c1-6-4-9(12(14)15)7(2)3-8(6)10(13)5-11/h3-4H,5H2,1-2H3. The normalized spacial score (nSPS) is 10.1. The third kappa shape index (κ3) is 2.41. The lowest BCUT2D eigenvalue weighted by Gasteiger charge is -2.05. The molecule has 0 radical (unpaired) electrons. The number of carbonyl (C=O) groups excluding carboxylic acids is 1. The Labute approximate surface area is 95.6 Å². The van der Waals surface area contributed by atoms with E-state index >= 15 is 0 Å². The zero-order chi connectivity index (χ0) is 11.6. The predicted octanol–water partition coefficient (Wildman–Crippen LogP) is 2.79. The summed E-state index contributed by atoms with van der Waals surface area (Å²) in [7, 11) is 0. The fourth-order valence-electron chi connectivity index (χ4n) is 1.37. The van der Waals surface area contributed by atoms with Gasteiger partial charge in [0.2, 0.25) is 0 Å². The Morgan fingerprint density at radius 3 is 2.47 bits per heavy atom. The van der Waals surface area contributed by atoms with Crippen LogP contribution in [-0.2, 0) is 0 Å². The highest BCUT2D eigenvalue weighted by molar-refractivity contribution is 9.09. The average molecular weight is 272 g/mol. The molecule has 0 unspecified atom stereocenters. The first kappa shape index (κ1) is 11.8. The predicted molar refractivity (Wildman–Crippen MR) is 60.7 cm³/mol. The molecular weight excluding hydrogens is 262 g/mol. The van der Waals surface area contributed by atoms with Crippen molar-refractivity contribution in [3.63, 3.8) is 0 Å². The number of rotatable bonds is 3. The van der Waals surface area contributed by atoms with E-state index in [1.807, 2.05) is 0 Å². The van der Waals surface area contributed by atoms with Gasteiger partial charge in [0.15, 0.2) is 5.78 Å². The molecule has 0 saturated heterocycles. The molecule has 5 heteroatoms. The maximum absolute atomic E-state index is 11.5. The van der Waals surface area contributed by atoms with Crippen LogP contribution in [0.2, 0.25) is 0 Å². The van der Waals surface area contributed by atoms with Crippen molar-refractivity contribution in [1.82, 2.24) is 0 Å². The van der Waals surface area contributed by atoms with E-state index in [1.54, 1.807) is 19.9 Å². The Bertz CT molecular complexity index is 429. The van der Waals surface area contributed by atoms with E-state index in [2.05, 4.69) is 15.9 Å². The second-order valence-electron chi connectivity index (χ2n) is 3.27. The van der Waals surface area contributed by atoms with Crippen LogP contribution in [0.1, 0.15) is 21.5 Å². The fraction of sp³-hybridized carbons (Fsp3) is 0.300. The summed E-state index contributed by atoms with van der Waals surface area (Å²) in [6.07, 6.45) is 0. The molecule has 1 rings (SSSR count). The van der Waals surface area contributed by atoms with E-state index < -0.39 is 4.92 Å². The largest absolute Gasteiger partial charge is 0.293 e. The summed E-state index contributed by atoms with van der Waals surface area (Å²) in [5.74, 6) is -0.0644. The summed E-state index contributed by atoms with van der Waals surface area (Å²) in [5, 5.41) is 10.9. The van der Waals surface area contributed by atoms with Crippen LogP contribution in [0.15, 0.2) is 12.1 Å². The average Bonchev–Trinajstić information content (AvgIpc) is 2.19. The summed E-state index contributed by atoms with van der Waals surface area (Å²) in [5.41, 5.74) is 1.74. The number of nitro groups is 1. The molecule has 0 heterocycles. The van der Waals surface area contributed by atoms with E-state index in [0.717, 1.165) is 0 Å². The molecule has 1 aromatic carbocycles. The lowest BCUT2D eigenvalue weighted by Crippen LogP contribution is -2.04. The Hall–Kier alpha value is -1.23. The van der Waals surface area contributed by atoms with Gasteiger partial charge in [-0.25, -0.2) is 0 Å². The molecule has 0 aliphatic carbocycles. The molecule has 0 atom stereocenters. The smallest absolute Gasteiger partial charge is 0.272 e. The van der Waals surface area contributed by atoms with Crippen LogP contribution in [0.4, 0.5) is 5.69 Å². The van der Waals surface area contributed by atoms with Gasteiger partial charge in [-0.3, -0.25) is 14.9 Å². The molecular formula is C10H10BrNO3. The van der Waals surface area contributed by atoms with Gasteiger partial charge < -0.3 is 0 Å². The number of nitrogens with zero attached hydrogens (tertiary/aromatic N) is 1. The van der Waals surface area contributed by atoms with E-state index in [0.29, 0.717) is 16.7 Å². The number of alkyl halides is 1. The second kappa shape index (κ2) is 4.53. The number of aryl methyl sites for hydroxylation is 2. The third-order valence-corrected chi connectivity index (χ3v) is 2.67. The van der Waals surface area contributed by atoms with Crippen molar-refractivity contribution in [2.75, 3.05) is 5.33 Å². The van der Waals surface area contributed by atoms with Gasteiger partial charge in [0, 0.05) is 17.2 Å². The Balaban J connectivity index is 3.31. The number of hydrogen-bond acceptors (Lipinski definition) is 3. The zero-order valence-electron chi connectivity index (χ0n) is 8.41. The quantitative estimate of drug-likeness (QED) is 0.368. The van der Waals surface area contributed by atoms with Crippen LogP contribution in [0, 0.1) is 24.0 Å². The molecule has 0 saturated carbocycles. The Morgan fingerprint density at radius 2 is 2.00 bits per heavy atom. The van der Waals surface area contributed by atoms with Crippen molar-refractivity contribution < 1.29 is 9.72 Å². The lowest BCUT2D eigenvalue weighted by atomic mass is 10.0. The number of halogens is 1. The van der Waals surface area contributed by atoms with Gasteiger partial charge in [-0.15, -0.1) is 0 Å². The molecule has 0 spiro atoms. The zero-order valence-corrected chi connectivity index (χ0v) is 10.00. The minimum atomic E-state index is -0.440. The Kier molecular flexibility index (Phi) is 3.57. The van der Waals surface area contributed by atoms with E-state index in [1.165, 1.54) is 6.07 Å². The molecule has 0 aliphatic heterocycles. The number of nitro benzene ring substituents is 1. The second-order valence-corrected chi connectivity index (χ2v) is 3.83. The molecule has 0 aliphatic rings. The van der Waals surface area contributed by atoms with Crippen molar-refractivity contribution in [2.24, 2.45) is 0 Å². The summed E-state index contributed by atoms with van der Waals surface area (Å²) in [4.78, 5) is 21.6. The Morgan fingerprint density at radius 1 is 1.40 bits per heavy atom. The first-order valence-electron chi connectivity index (χ1n) is 4.32. The van der Waals surface area contributed by atoms with Gasteiger partial charge in [-0.1, -0.05) is 15.9 Å². The van der Waals surface area contributed by atoms with Crippen molar-refractivity contribution in [1.29, 1.82) is 0 Å².